The van der Waals surface area contributed by atoms with Gasteiger partial charge in [-0.25, -0.2) is 0 Å². The Bertz CT molecular complexity index is 402. The van der Waals surface area contributed by atoms with E-state index in [1.54, 1.807) is 18.2 Å². The van der Waals surface area contributed by atoms with Crippen molar-refractivity contribution in [2.75, 3.05) is 13.7 Å². The van der Waals surface area contributed by atoms with Crippen LogP contribution in [0.3, 0.4) is 0 Å². The zero-order chi connectivity index (χ0) is 12.0. The molecule has 5 nitrogen and oxygen atoms in total. The Kier molecular flexibility index (Phi) is 4.47. The minimum atomic E-state index is -0.426. The maximum Gasteiger partial charge on any atom is 0.280 e. The standard InChI is InChI=1S/C11H14N2O3/c1-16-10-6-5-9(4-2-3-7-12)11(8-10)13(14)15/h2,4-6,8H,3,7,12H2,1H3. The van der Waals surface area contributed by atoms with Gasteiger partial charge in [0.2, 0.25) is 0 Å². The molecule has 0 aromatic heterocycles. The Balaban J connectivity index is 3.03. The predicted octanol–water partition coefficient (Wildman–Crippen LogP) is 1.97. The van der Waals surface area contributed by atoms with Crippen molar-refractivity contribution >= 4 is 11.8 Å². The Labute approximate surface area is 93.7 Å². The second-order valence-electron chi connectivity index (χ2n) is 3.16. The third-order valence-electron chi connectivity index (χ3n) is 2.07. The molecule has 0 unspecified atom stereocenters. The molecule has 0 bridgehead atoms. The number of rotatable bonds is 5. The number of nitrogens with two attached hydrogens (primary N) is 1. The average Bonchev–Trinajstić information content (AvgIpc) is 2.29. The fraction of sp³-hybridized carbons (Fsp3) is 0.273. The summed E-state index contributed by atoms with van der Waals surface area (Å²) < 4.78 is 4.94. The summed E-state index contributed by atoms with van der Waals surface area (Å²) in [7, 11) is 1.48. The van der Waals surface area contributed by atoms with Gasteiger partial charge in [-0.2, -0.15) is 0 Å². The molecular formula is C11H14N2O3. The SMILES string of the molecule is COc1ccc(C=CCCN)c([N+](=O)[O-])c1. The van der Waals surface area contributed by atoms with Crippen LogP contribution in [-0.2, 0) is 0 Å². The van der Waals surface area contributed by atoms with Gasteiger partial charge in [0.05, 0.1) is 23.7 Å². The van der Waals surface area contributed by atoms with Crippen molar-refractivity contribution in [3.05, 3.63) is 40.0 Å². The molecule has 1 aromatic rings. The van der Waals surface area contributed by atoms with Crippen molar-refractivity contribution in [1.29, 1.82) is 0 Å². The molecule has 0 atom stereocenters. The molecule has 0 radical (unpaired) electrons. The van der Waals surface area contributed by atoms with E-state index in [-0.39, 0.29) is 5.69 Å². The molecule has 0 aliphatic carbocycles. The number of hydrogen-bond acceptors (Lipinski definition) is 4. The monoisotopic (exact) mass is 222 g/mol. The molecule has 5 heteroatoms. The Morgan fingerprint density at radius 1 is 1.56 bits per heavy atom. The number of nitro groups is 1. The van der Waals surface area contributed by atoms with Crippen LogP contribution in [0.4, 0.5) is 5.69 Å². The van der Waals surface area contributed by atoms with Crippen molar-refractivity contribution in [1.82, 2.24) is 0 Å². The van der Waals surface area contributed by atoms with Crippen LogP contribution < -0.4 is 10.5 Å². The fourth-order valence-corrected chi connectivity index (χ4v) is 1.26. The highest BCUT2D eigenvalue weighted by molar-refractivity contribution is 5.62. The lowest BCUT2D eigenvalue weighted by atomic mass is 10.1. The fourth-order valence-electron chi connectivity index (χ4n) is 1.26. The molecule has 2 N–H and O–H groups in total. The normalized spacial score (nSPS) is 10.6. The van der Waals surface area contributed by atoms with Gasteiger partial charge in [0.1, 0.15) is 5.75 Å². The summed E-state index contributed by atoms with van der Waals surface area (Å²) in [5, 5.41) is 10.8. The first kappa shape index (κ1) is 12.2. The van der Waals surface area contributed by atoms with Gasteiger partial charge in [0.15, 0.2) is 0 Å². The van der Waals surface area contributed by atoms with Crippen molar-refractivity contribution in [3.63, 3.8) is 0 Å². The number of nitro benzene ring substituents is 1. The van der Waals surface area contributed by atoms with Crippen LogP contribution in [0.2, 0.25) is 0 Å². The quantitative estimate of drug-likeness (QED) is 0.610. The number of nitrogens with zero attached hydrogens (tertiary/aromatic N) is 1. The van der Waals surface area contributed by atoms with E-state index >= 15 is 0 Å². The van der Waals surface area contributed by atoms with Crippen LogP contribution in [0.25, 0.3) is 6.08 Å². The molecule has 0 heterocycles. The second-order valence-corrected chi connectivity index (χ2v) is 3.16. The molecule has 0 aliphatic heterocycles. The molecule has 1 rings (SSSR count). The Morgan fingerprint density at radius 3 is 2.88 bits per heavy atom. The highest BCUT2D eigenvalue weighted by Crippen LogP contribution is 2.25. The van der Waals surface area contributed by atoms with E-state index in [1.165, 1.54) is 13.2 Å². The topological polar surface area (TPSA) is 78.4 Å². The van der Waals surface area contributed by atoms with Crippen LogP contribution in [-0.4, -0.2) is 18.6 Å². The van der Waals surface area contributed by atoms with E-state index in [9.17, 15) is 10.1 Å². The molecule has 0 fully saturated rings. The maximum absolute atomic E-state index is 10.8. The van der Waals surface area contributed by atoms with Crippen molar-refractivity contribution in [3.8, 4) is 5.75 Å². The number of benzene rings is 1. The smallest absolute Gasteiger partial charge is 0.280 e. The molecule has 1 aromatic carbocycles. The maximum atomic E-state index is 10.8. The van der Waals surface area contributed by atoms with Gasteiger partial charge in [0, 0.05) is 0 Å². The summed E-state index contributed by atoms with van der Waals surface area (Å²) in [6.07, 6.45) is 4.21. The number of ether oxygens (including phenoxy) is 1. The Morgan fingerprint density at radius 2 is 2.31 bits per heavy atom. The molecular weight excluding hydrogens is 208 g/mol. The molecule has 0 saturated heterocycles. The van der Waals surface area contributed by atoms with Crippen LogP contribution >= 0.6 is 0 Å². The summed E-state index contributed by atoms with van der Waals surface area (Å²) >= 11 is 0. The van der Waals surface area contributed by atoms with Crippen molar-refractivity contribution in [2.45, 2.75) is 6.42 Å². The van der Waals surface area contributed by atoms with Gasteiger partial charge >= 0.3 is 0 Å². The van der Waals surface area contributed by atoms with Gasteiger partial charge < -0.3 is 10.5 Å². The summed E-state index contributed by atoms with van der Waals surface area (Å²) in [5.74, 6) is 0.475. The van der Waals surface area contributed by atoms with E-state index in [0.717, 1.165) is 0 Å². The molecule has 16 heavy (non-hydrogen) atoms. The van der Waals surface area contributed by atoms with Crippen molar-refractivity contribution < 1.29 is 9.66 Å². The van der Waals surface area contributed by atoms with E-state index in [0.29, 0.717) is 24.3 Å². The van der Waals surface area contributed by atoms with Crippen LogP contribution in [0, 0.1) is 10.1 Å². The molecule has 86 valence electrons. The summed E-state index contributed by atoms with van der Waals surface area (Å²) in [4.78, 5) is 10.4. The van der Waals surface area contributed by atoms with E-state index in [4.69, 9.17) is 10.5 Å². The summed E-state index contributed by atoms with van der Waals surface area (Å²) in [5.41, 5.74) is 5.92. The summed E-state index contributed by atoms with van der Waals surface area (Å²) in [6.45, 7) is 0.528. The molecule has 0 spiro atoms. The predicted molar refractivity (Wildman–Crippen MR) is 62.4 cm³/mol. The summed E-state index contributed by atoms with van der Waals surface area (Å²) in [6, 6.07) is 4.75. The van der Waals surface area contributed by atoms with Gasteiger partial charge in [-0.15, -0.1) is 0 Å². The largest absolute Gasteiger partial charge is 0.497 e. The van der Waals surface area contributed by atoms with Crippen molar-refractivity contribution in [2.24, 2.45) is 5.73 Å². The lowest BCUT2D eigenvalue weighted by molar-refractivity contribution is -0.385. The minimum Gasteiger partial charge on any atom is -0.497 e. The molecule has 0 saturated carbocycles. The number of methoxy groups -OCH3 is 1. The van der Waals surface area contributed by atoms with Crippen LogP contribution in [0.5, 0.6) is 5.75 Å². The molecule has 0 aliphatic rings. The third kappa shape index (κ3) is 3.06. The van der Waals surface area contributed by atoms with Crippen LogP contribution in [0.1, 0.15) is 12.0 Å². The van der Waals surface area contributed by atoms with E-state index in [1.807, 2.05) is 6.08 Å². The van der Waals surface area contributed by atoms with Gasteiger partial charge in [-0.1, -0.05) is 12.2 Å². The number of hydrogen-bond donors (Lipinski definition) is 1. The Hall–Kier alpha value is -1.88. The third-order valence-corrected chi connectivity index (χ3v) is 2.07. The van der Waals surface area contributed by atoms with Gasteiger partial charge in [-0.05, 0) is 25.1 Å². The molecule has 0 amide bonds. The first-order valence-corrected chi connectivity index (χ1v) is 4.88. The van der Waals surface area contributed by atoms with E-state index < -0.39 is 4.92 Å². The average molecular weight is 222 g/mol. The lowest BCUT2D eigenvalue weighted by Gasteiger charge is -2.01. The zero-order valence-electron chi connectivity index (χ0n) is 9.05. The van der Waals surface area contributed by atoms with Crippen LogP contribution in [0.15, 0.2) is 24.3 Å². The van der Waals surface area contributed by atoms with E-state index in [2.05, 4.69) is 0 Å². The minimum absolute atomic E-state index is 0.0348. The van der Waals surface area contributed by atoms with Gasteiger partial charge in [0.25, 0.3) is 5.69 Å². The zero-order valence-corrected chi connectivity index (χ0v) is 9.05. The van der Waals surface area contributed by atoms with Gasteiger partial charge in [-0.3, -0.25) is 10.1 Å². The first-order chi connectivity index (χ1) is 7.69. The second kappa shape index (κ2) is 5.87. The highest BCUT2D eigenvalue weighted by atomic mass is 16.6. The highest BCUT2D eigenvalue weighted by Gasteiger charge is 2.12. The lowest BCUT2D eigenvalue weighted by Crippen LogP contribution is -1.96. The first-order valence-electron chi connectivity index (χ1n) is 4.88.